The molecule has 5 nitrogen and oxygen atoms in total. The molecule has 7 heteroatoms. The summed E-state index contributed by atoms with van der Waals surface area (Å²) in [4.78, 5) is 40.5. The minimum Gasteiger partial charge on any atom is -0.322 e. The van der Waals surface area contributed by atoms with Crippen LogP contribution >= 0.6 is 31.9 Å². The van der Waals surface area contributed by atoms with Crippen LogP contribution in [0.3, 0.4) is 0 Å². The predicted molar refractivity (Wildman–Crippen MR) is 117 cm³/mol. The Morgan fingerprint density at radius 1 is 0.897 bits per heavy atom. The van der Waals surface area contributed by atoms with Crippen LogP contribution in [0.25, 0.3) is 0 Å². The number of alkyl halides is 2. The van der Waals surface area contributed by atoms with Crippen LogP contribution in [0, 0.1) is 23.7 Å². The van der Waals surface area contributed by atoms with E-state index < -0.39 is 0 Å². The first-order valence-corrected chi connectivity index (χ1v) is 11.4. The summed E-state index contributed by atoms with van der Waals surface area (Å²) in [6.07, 6.45) is 0.902. The quantitative estimate of drug-likeness (QED) is 0.489. The van der Waals surface area contributed by atoms with E-state index in [0.717, 1.165) is 6.42 Å². The number of anilines is 2. The van der Waals surface area contributed by atoms with Gasteiger partial charge in [-0.2, -0.15) is 0 Å². The molecule has 1 aliphatic heterocycles. The molecule has 2 aliphatic carbocycles. The second kappa shape index (κ2) is 7.06. The summed E-state index contributed by atoms with van der Waals surface area (Å²) in [6, 6.07) is 15.9. The number of hydrogen-bond donors (Lipinski definition) is 1. The van der Waals surface area contributed by atoms with Gasteiger partial charge in [0.05, 0.1) is 17.5 Å². The summed E-state index contributed by atoms with van der Waals surface area (Å²) >= 11 is 7.41. The first-order valence-electron chi connectivity index (χ1n) is 9.60. The maximum Gasteiger partial charge on any atom is 0.255 e. The van der Waals surface area contributed by atoms with E-state index in [0.29, 0.717) is 16.9 Å². The zero-order chi connectivity index (χ0) is 20.3. The van der Waals surface area contributed by atoms with E-state index in [1.54, 1.807) is 48.5 Å². The lowest BCUT2D eigenvalue weighted by molar-refractivity contribution is -0.123. The van der Waals surface area contributed by atoms with E-state index in [1.807, 2.05) is 6.07 Å². The zero-order valence-electron chi connectivity index (χ0n) is 15.3. The summed E-state index contributed by atoms with van der Waals surface area (Å²) in [5, 5.41) is 2.84. The molecule has 6 atom stereocenters. The van der Waals surface area contributed by atoms with Crippen molar-refractivity contribution in [3.8, 4) is 0 Å². The number of nitrogens with zero attached hydrogens (tertiary/aromatic N) is 1. The van der Waals surface area contributed by atoms with Crippen molar-refractivity contribution in [2.45, 2.75) is 16.1 Å². The van der Waals surface area contributed by atoms with Gasteiger partial charge in [-0.1, -0.05) is 56.1 Å². The molecule has 2 bridgehead atoms. The molecule has 3 aliphatic rings. The van der Waals surface area contributed by atoms with E-state index in [4.69, 9.17) is 0 Å². The van der Waals surface area contributed by atoms with Gasteiger partial charge in [0, 0.05) is 20.9 Å². The standard InChI is InChI=1S/C22H18Br2N2O3/c23-18-14-10-15(19(18)24)17-16(14)21(28)26(22(17)29)13-8-4-7-12(9-13)25-20(27)11-5-2-1-3-6-11/h1-9,14-19H,10H2,(H,25,27)/t14-,15+,16-,17-,18-,19+/m0/s1. The molecule has 3 fully saturated rings. The highest BCUT2D eigenvalue weighted by Gasteiger charge is 2.66. The van der Waals surface area contributed by atoms with Crippen molar-refractivity contribution >= 4 is 61.0 Å². The van der Waals surface area contributed by atoms with Crippen molar-refractivity contribution in [2.24, 2.45) is 23.7 Å². The van der Waals surface area contributed by atoms with Crippen LogP contribution in [-0.2, 0) is 9.59 Å². The van der Waals surface area contributed by atoms with Gasteiger partial charge in [0.1, 0.15) is 0 Å². The normalized spacial score (nSPS) is 32.6. The number of fused-ring (bicyclic) bond motifs is 5. The Morgan fingerprint density at radius 2 is 1.52 bits per heavy atom. The number of benzene rings is 2. The van der Waals surface area contributed by atoms with E-state index in [9.17, 15) is 14.4 Å². The molecule has 1 N–H and O–H groups in total. The second-order valence-electron chi connectivity index (χ2n) is 7.89. The van der Waals surface area contributed by atoms with Crippen LogP contribution in [0.5, 0.6) is 0 Å². The molecule has 2 aromatic carbocycles. The average molecular weight is 518 g/mol. The number of rotatable bonds is 3. The van der Waals surface area contributed by atoms with Crippen molar-refractivity contribution in [3.63, 3.8) is 0 Å². The molecule has 148 valence electrons. The Bertz CT molecular complexity index is 980. The fourth-order valence-corrected chi connectivity index (χ4v) is 6.99. The summed E-state index contributed by atoms with van der Waals surface area (Å²) < 4.78 is 0. The fourth-order valence-electron chi connectivity index (χ4n) is 5.12. The number of nitrogens with one attached hydrogen (secondary N) is 1. The second-order valence-corrected chi connectivity index (χ2v) is 10.0. The van der Waals surface area contributed by atoms with Gasteiger partial charge in [-0.15, -0.1) is 0 Å². The van der Waals surface area contributed by atoms with Gasteiger partial charge in [0.2, 0.25) is 11.8 Å². The Kier molecular flexibility index (Phi) is 4.62. The topological polar surface area (TPSA) is 66.5 Å². The third-order valence-corrected chi connectivity index (χ3v) is 9.59. The van der Waals surface area contributed by atoms with Crippen molar-refractivity contribution in [1.82, 2.24) is 0 Å². The van der Waals surface area contributed by atoms with Crippen molar-refractivity contribution < 1.29 is 14.4 Å². The van der Waals surface area contributed by atoms with Crippen LogP contribution in [0.2, 0.25) is 0 Å². The van der Waals surface area contributed by atoms with Gasteiger partial charge in [-0.05, 0) is 48.6 Å². The molecule has 2 saturated carbocycles. The number of halogens is 2. The molecule has 3 amide bonds. The Morgan fingerprint density at radius 3 is 2.14 bits per heavy atom. The molecule has 2 aromatic rings. The molecular weight excluding hydrogens is 500 g/mol. The number of carbonyl (C=O) groups excluding carboxylic acids is 3. The molecule has 1 heterocycles. The van der Waals surface area contributed by atoms with Crippen LogP contribution in [0.15, 0.2) is 54.6 Å². The lowest BCUT2D eigenvalue weighted by Crippen LogP contribution is -2.37. The predicted octanol–water partition coefficient (Wildman–Crippen LogP) is 4.22. The van der Waals surface area contributed by atoms with Gasteiger partial charge in [0.25, 0.3) is 5.91 Å². The van der Waals surface area contributed by atoms with E-state index in [1.165, 1.54) is 4.90 Å². The van der Waals surface area contributed by atoms with Crippen molar-refractivity contribution in [2.75, 3.05) is 10.2 Å². The monoisotopic (exact) mass is 516 g/mol. The third-order valence-electron chi connectivity index (χ3n) is 6.39. The number of amides is 3. The van der Waals surface area contributed by atoms with Crippen molar-refractivity contribution in [1.29, 1.82) is 0 Å². The number of hydrogen-bond acceptors (Lipinski definition) is 3. The average Bonchev–Trinajstić information content (AvgIpc) is 3.33. The molecular formula is C22H18Br2N2O3. The molecule has 29 heavy (non-hydrogen) atoms. The first-order chi connectivity index (χ1) is 14.0. The van der Waals surface area contributed by atoms with E-state index in [-0.39, 0.29) is 51.0 Å². The van der Waals surface area contributed by atoms with Gasteiger partial charge in [0.15, 0.2) is 0 Å². The summed E-state index contributed by atoms with van der Waals surface area (Å²) in [5.74, 6) is -0.637. The first kappa shape index (κ1) is 19.0. The highest BCUT2D eigenvalue weighted by atomic mass is 79.9. The number of imide groups is 1. The van der Waals surface area contributed by atoms with E-state index in [2.05, 4.69) is 37.2 Å². The third kappa shape index (κ3) is 2.89. The molecule has 0 radical (unpaired) electrons. The highest BCUT2D eigenvalue weighted by molar-refractivity contribution is 9.12. The molecule has 0 spiro atoms. The molecule has 0 aromatic heterocycles. The summed E-state index contributed by atoms with van der Waals surface area (Å²) in [7, 11) is 0. The van der Waals surface area contributed by atoms with Gasteiger partial charge >= 0.3 is 0 Å². The van der Waals surface area contributed by atoms with E-state index >= 15 is 0 Å². The number of carbonyl (C=O) groups is 3. The largest absolute Gasteiger partial charge is 0.322 e. The minimum atomic E-state index is -0.256. The highest BCUT2D eigenvalue weighted by Crippen LogP contribution is 2.60. The van der Waals surface area contributed by atoms with Gasteiger partial charge in [-0.25, -0.2) is 4.90 Å². The summed E-state index contributed by atoms with van der Waals surface area (Å²) in [5.41, 5.74) is 1.61. The van der Waals surface area contributed by atoms with Crippen LogP contribution < -0.4 is 10.2 Å². The maximum atomic E-state index is 13.2. The van der Waals surface area contributed by atoms with Gasteiger partial charge in [-0.3, -0.25) is 14.4 Å². The summed E-state index contributed by atoms with van der Waals surface area (Å²) in [6.45, 7) is 0. The van der Waals surface area contributed by atoms with Crippen LogP contribution in [0.1, 0.15) is 16.8 Å². The molecule has 1 saturated heterocycles. The SMILES string of the molecule is O=C(Nc1cccc(N2C(=O)[C@H]3[C@@H]4C[C@@H]([C@@H](Br)[C@H]4Br)[C@@H]3C2=O)c1)c1ccccc1. The maximum absolute atomic E-state index is 13.2. The van der Waals surface area contributed by atoms with Gasteiger partial charge < -0.3 is 5.32 Å². The fraction of sp³-hybridized carbons (Fsp3) is 0.318. The van der Waals surface area contributed by atoms with Crippen LogP contribution in [0.4, 0.5) is 11.4 Å². The minimum absolute atomic E-state index is 0.122. The molecule has 0 unspecified atom stereocenters. The smallest absolute Gasteiger partial charge is 0.255 e. The molecule has 5 rings (SSSR count). The Hall–Kier alpha value is -1.99. The lowest BCUT2D eigenvalue weighted by Gasteiger charge is -2.28. The van der Waals surface area contributed by atoms with Crippen molar-refractivity contribution in [3.05, 3.63) is 60.2 Å². The Balaban J connectivity index is 1.41. The lowest BCUT2D eigenvalue weighted by atomic mass is 9.81. The zero-order valence-corrected chi connectivity index (χ0v) is 18.5. The van der Waals surface area contributed by atoms with Crippen LogP contribution in [-0.4, -0.2) is 27.4 Å². The Labute approximate surface area is 185 Å².